The smallest absolute Gasteiger partial charge is 0.249 e. The minimum atomic E-state index is -0.256. The van der Waals surface area contributed by atoms with Crippen molar-refractivity contribution in [1.82, 2.24) is 20.5 Å². The summed E-state index contributed by atoms with van der Waals surface area (Å²) in [5.74, 6) is -0.256. The van der Waals surface area contributed by atoms with Gasteiger partial charge in [-0.05, 0) is 32.0 Å². The van der Waals surface area contributed by atoms with E-state index in [0.717, 1.165) is 11.4 Å². The Balaban J connectivity index is 2.17. The maximum atomic E-state index is 11.6. The lowest BCUT2D eigenvalue weighted by atomic mass is 10.2. The van der Waals surface area contributed by atoms with E-state index in [-0.39, 0.29) is 12.3 Å². The predicted molar refractivity (Wildman–Crippen MR) is 74.6 cm³/mol. The third-order valence-corrected chi connectivity index (χ3v) is 2.94. The molecule has 1 N–H and O–H groups in total. The predicted octanol–water partition coefficient (Wildman–Crippen LogP) is 1.84. The largest absolute Gasteiger partial charge is 0.274 e. The second kappa shape index (κ2) is 6.49. The highest BCUT2D eigenvalue weighted by atomic mass is 35.5. The van der Waals surface area contributed by atoms with Gasteiger partial charge in [0.15, 0.2) is 0 Å². The Bertz CT molecular complexity index is 612. The molecule has 106 valence electrons. The monoisotopic (exact) mass is 294 g/mol. The summed E-state index contributed by atoms with van der Waals surface area (Å²) in [6.07, 6.45) is 0.117. The van der Waals surface area contributed by atoms with Crippen LogP contribution in [0.5, 0.6) is 0 Å². The van der Waals surface area contributed by atoms with E-state index in [1.54, 1.807) is 23.7 Å². The summed E-state index contributed by atoms with van der Waals surface area (Å²) in [4.78, 5) is 16.4. The molecule has 2 aromatic rings. The van der Waals surface area contributed by atoms with Gasteiger partial charge in [-0.15, -0.1) is 5.10 Å². The molecule has 1 heterocycles. The molecule has 1 aromatic heterocycles. The van der Waals surface area contributed by atoms with Crippen molar-refractivity contribution in [2.45, 2.75) is 20.3 Å². The standard InChI is InChI=1S/C13H15ClN4O2/c1-3-20-16-13(19)8-12-9(2)18(17-15-12)11-6-4-5-10(14)7-11/h4-7H,3,8H2,1-2H3,(H,16,19). The van der Waals surface area contributed by atoms with Crippen molar-refractivity contribution in [2.75, 3.05) is 6.61 Å². The van der Waals surface area contributed by atoms with Crippen molar-refractivity contribution >= 4 is 17.5 Å². The number of nitrogens with zero attached hydrogens (tertiary/aromatic N) is 3. The average Bonchev–Trinajstić information content (AvgIpc) is 2.78. The van der Waals surface area contributed by atoms with Crippen LogP contribution in [-0.2, 0) is 16.1 Å². The Hall–Kier alpha value is -1.92. The normalized spacial score (nSPS) is 10.6. The fraction of sp³-hybridized carbons (Fsp3) is 0.308. The van der Waals surface area contributed by atoms with Crippen LogP contribution in [0.25, 0.3) is 5.69 Å². The molecule has 7 heteroatoms. The van der Waals surface area contributed by atoms with Crippen LogP contribution in [-0.4, -0.2) is 27.5 Å². The molecule has 1 aromatic carbocycles. The number of carbonyl (C=O) groups excluding carboxylic acids is 1. The zero-order chi connectivity index (χ0) is 14.5. The van der Waals surface area contributed by atoms with Crippen LogP contribution in [0.4, 0.5) is 0 Å². The van der Waals surface area contributed by atoms with Gasteiger partial charge in [0.05, 0.1) is 30.1 Å². The van der Waals surface area contributed by atoms with Gasteiger partial charge in [-0.2, -0.15) is 0 Å². The topological polar surface area (TPSA) is 69.0 Å². The van der Waals surface area contributed by atoms with Gasteiger partial charge in [-0.25, -0.2) is 10.2 Å². The van der Waals surface area contributed by atoms with Crippen molar-refractivity contribution in [3.05, 3.63) is 40.7 Å². The molecular weight excluding hydrogens is 280 g/mol. The van der Waals surface area contributed by atoms with Gasteiger partial charge in [0, 0.05) is 5.02 Å². The second-order valence-electron chi connectivity index (χ2n) is 4.15. The molecule has 0 fully saturated rings. The molecule has 20 heavy (non-hydrogen) atoms. The molecular formula is C13H15ClN4O2. The number of halogens is 1. The van der Waals surface area contributed by atoms with E-state index in [9.17, 15) is 4.79 Å². The average molecular weight is 295 g/mol. The zero-order valence-corrected chi connectivity index (χ0v) is 12.0. The molecule has 0 spiro atoms. The summed E-state index contributed by atoms with van der Waals surface area (Å²) in [5, 5.41) is 8.69. The lowest BCUT2D eigenvalue weighted by molar-refractivity contribution is -0.132. The van der Waals surface area contributed by atoms with E-state index in [0.29, 0.717) is 17.3 Å². The molecule has 0 saturated carbocycles. The lowest BCUT2D eigenvalue weighted by Crippen LogP contribution is -2.25. The maximum absolute atomic E-state index is 11.6. The van der Waals surface area contributed by atoms with E-state index in [4.69, 9.17) is 16.4 Å². The maximum Gasteiger partial charge on any atom is 0.249 e. The van der Waals surface area contributed by atoms with E-state index >= 15 is 0 Å². The molecule has 0 radical (unpaired) electrons. The summed E-state index contributed by atoms with van der Waals surface area (Å²) < 4.78 is 1.65. The number of nitrogens with one attached hydrogen (secondary N) is 1. The number of aromatic nitrogens is 3. The number of carbonyl (C=O) groups is 1. The first kappa shape index (κ1) is 14.5. The molecule has 6 nitrogen and oxygen atoms in total. The van der Waals surface area contributed by atoms with Crippen LogP contribution in [0.1, 0.15) is 18.3 Å². The van der Waals surface area contributed by atoms with Crippen molar-refractivity contribution in [3.8, 4) is 5.69 Å². The Labute approximate surface area is 121 Å². The molecule has 0 aliphatic rings. The fourth-order valence-corrected chi connectivity index (χ4v) is 1.90. The highest BCUT2D eigenvalue weighted by Crippen LogP contribution is 2.16. The highest BCUT2D eigenvalue weighted by molar-refractivity contribution is 6.30. The second-order valence-corrected chi connectivity index (χ2v) is 4.58. The van der Waals surface area contributed by atoms with Gasteiger partial charge in [-0.3, -0.25) is 9.63 Å². The number of amides is 1. The quantitative estimate of drug-likeness (QED) is 0.854. The summed E-state index contributed by atoms with van der Waals surface area (Å²) in [5.41, 5.74) is 4.52. The van der Waals surface area contributed by atoms with E-state index in [1.165, 1.54) is 0 Å². The van der Waals surface area contributed by atoms with Crippen LogP contribution in [0.15, 0.2) is 24.3 Å². The number of hydrogen-bond donors (Lipinski definition) is 1. The summed E-state index contributed by atoms with van der Waals surface area (Å²) >= 11 is 5.95. The van der Waals surface area contributed by atoms with Gasteiger partial charge in [0.1, 0.15) is 0 Å². The fourth-order valence-electron chi connectivity index (χ4n) is 1.72. The van der Waals surface area contributed by atoms with Gasteiger partial charge >= 0.3 is 0 Å². The van der Waals surface area contributed by atoms with Crippen LogP contribution in [0, 0.1) is 6.92 Å². The number of benzene rings is 1. The molecule has 0 saturated heterocycles. The lowest BCUT2D eigenvalue weighted by Gasteiger charge is -2.04. The van der Waals surface area contributed by atoms with E-state index in [2.05, 4.69) is 15.8 Å². The molecule has 0 aliphatic heterocycles. The van der Waals surface area contributed by atoms with Crippen LogP contribution >= 0.6 is 11.6 Å². The van der Waals surface area contributed by atoms with E-state index in [1.807, 2.05) is 19.1 Å². The summed E-state index contributed by atoms with van der Waals surface area (Å²) in [6.45, 7) is 4.06. The summed E-state index contributed by atoms with van der Waals surface area (Å²) in [6, 6.07) is 7.28. The van der Waals surface area contributed by atoms with Gasteiger partial charge in [0.2, 0.25) is 5.91 Å². The summed E-state index contributed by atoms with van der Waals surface area (Å²) in [7, 11) is 0. The number of hydroxylamine groups is 1. The first-order valence-electron chi connectivity index (χ1n) is 6.19. The Kier molecular flexibility index (Phi) is 4.70. The first-order chi connectivity index (χ1) is 9.61. The first-order valence-corrected chi connectivity index (χ1v) is 6.57. The molecule has 0 aliphatic carbocycles. The molecule has 0 unspecified atom stereocenters. The number of hydrogen-bond acceptors (Lipinski definition) is 4. The SMILES string of the molecule is CCONC(=O)Cc1nnn(-c2cccc(Cl)c2)c1C. The van der Waals surface area contributed by atoms with Crippen molar-refractivity contribution in [2.24, 2.45) is 0 Å². The highest BCUT2D eigenvalue weighted by Gasteiger charge is 2.13. The Morgan fingerprint density at radius 2 is 2.30 bits per heavy atom. The minimum absolute atomic E-state index is 0.117. The van der Waals surface area contributed by atoms with Gasteiger partial charge in [0.25, 0.3) is 0 Å². The number of rotatable bonds is 5. The molecule has 1 amide bonds. The third kappa shape index (κ3) is 3.34. The van der Waals surface area contributed by atoms with Crippen LogP contribution in [0.3, 0.4) is 0 Å². The van der Waals surface area contributed by atoms with E-state index < -0.39 is 0 Å². The van der Waals surface area contributed by atoms with Crippen molar-refractivity contribution < 1.29 is 9.63 Å². The van der Waals surface area contributed by atoms with Crippen LogP contribution in [0.2, 0.25) is 5.02 Å². The molecule has 0 atom stereocenters. The third-order valence-electron chi connectivity index (χ3n) is 2.70. The Morgan fingerprint density at radius 3 is 3.00 bits per heavy atom. The van der Waals surface area contributed by atoms with Crippen LogP contribution < -0.4 is 5.48 Å². The molecule has 2 rings (SSSR count). The van der Waals surface area contributed by atoms with Gasteiger partial charge in [-0.1, -0.05) is 22.9 Å². The van der Waals surface area contributed by atoms with Crippen molar-refractivity contribution in [1.29, 1.82) is 0 Å². The minimum Gasteiger partial charge on any atom is -0.274 e. The Morgan fingerprint density at radius 1 is 1.50 bits per heavy atom. The van der Waals surface area contributed by atoms with Gasteiger partial charge < -0.3 is 0 Å². The van der Waals surface area contributed by atoms with Crippen molar-refractivity contribution in [3.63, 3.8) is 0 Å². The molecule has 0 bridgehead atoms. The zero-order valence-electron chi connectivity index (χ0n) is 11.3.